The number of aliphatic imine (C=N–C) groups is 1. The maximum Gasteiger partial charge on any atom is 0.213 e. The summed E-state index contributed by atoms with van der Waals surface area (Å²) in [4.78, 5) is 8.61. The minimum absolute atomic E-state index is 0.579. The van der Waals surface area contributed by atoms with Crippen molar-refractivity contribution in [2.45, 2.75) is 19.9 Å². The van der Waals surface area contributed by atoms with E-state index in [2.05, 4.69) is 38.8 Å². The van der Waals surface area contributed by atoms with E-state index in [9.17, 15) is 0 Å². The third kappa shape index (κ3) is 5.67. The van der Waals surface area contributed by atoms with Gasteiger partial charge < -0.3 is 20.1 Å². The number of pyridine rings is 1. The number of nitrogens with zero attached hydrogens (tertiary/aromatic N) is 2. The van der Waals surface area contributed by atoms with Gasteiger partial charge in [0, 0.05) is 19.7 Å². The lowest BCUT2D eigenvalue weighted by Crippen LogP contribution is -2.38. The van der Waals surface area contributed by atoms with Crippen molar-refractivity contribution in [2.75, 3.05) is 27.8 Å². The maximum absolute atomic E-state index is 5.37. The van der Waals surface area contributed by atoms with E-state index in [4.69, 9.17) is 9.47 Å². The van der Waals surface area contributed by atoms with Crippen LogP contribution in [0.2, 0.25) is 0 Å². The van der Waals surface area contributed by atoms with Crippen LogP contribution in [0.3, 0.4) is 0 Å². The summed E-state index contributed by atoms with van der Waals surface area (Å²) < 4.78 is 10.5. The molecule has 0 amide bonds. The van der Waals surface area contributed by atoms with Crippen LogP contribution in [0.4, 0.5) is 0 Å². The number of ether oxygens (including phenoxy) is 2. The normalized spacial score (nSPS) is 11.1. The van der Waals surface area contributed by atoms with Gasteiger partial charge in [-0.25, -0.2) is 4.98 Å². The predicted molar refractivity (Wildman–Crippen MR) is 100 cm³/mol. The standard InChI is InChI=1S/C19H26N4O2/c1-14-8-9-15(12-17(14)24-3)10-11-21-19(20-2)22-13-16-6-5-7-18(23-16)25-4/h5-9,12H,10-11,13H2,1-4H3,(H2,20,21,22). The molecule has 0 aliphatic heterocycles. The number of benzene rings is 1. The van der Waals surface area contributed by atoms with Crippen molar-refractivity contribution >= 4 is 5.96 Å². The summed E-state index contributed by atoms with van der Waals surface area (Å²) in [6, 6.07) is 12.0. The van der Waals surface area contributed by atoms with E-state index in [1.165, 1.54) is 5.56 Å². The smallest absolute Gasteiger partial charge is 0.213 e. The van der Waals surface area contributed by atoms with Crippen molar-refractivity contribution in [2.24, 2.45) is 4.99 Å². The molecular weight excluding hydrogens is 316 g/mol. The van der Waals surface area contributed by atoms with Gasteiger partial charge in [0.2, 0.25) is 5.88 Å². The molecule has 0 saturated heterocycles. The van der Waals surface area contributed by atoms with Gasteiger partial charge in [0.1, 0.15) is 5.75 Å². The number of methoxy groups -OCH3 is 2. The van der Waals surface area contributed by atoms with E-state index in [-0.39, 0.29) is 0 Å². The van der Waals surface area contributed by atoms with Crippen molar-refractivity contribution in [3.63, 3.8) is 0 Å². The molecule has 134 valence electrons. The fourth-order valence-corrected chi connectivity index (χ4v) is 2.41. The fraction of sp³-hybridized carbons (Fsp3) is 0.368. The Labute approximate surface area is 149 Å². The molecule has 25 heavy (non-hydrogen) atoms. The van der Waals surface area contributed by atoms with Crippen molar-refractivity contribution in [3.05, 3.63) is 53.2 Å². The molecule has 0 saturated carbocycles. The van der Waals surface area contributed by atoms with E-state index >= 15 is 0 Å². The molecule has 6 heteroatoms. The van der Waals surface area contributed by atoms with E-state index in [1.54, 1.807) is 21.3 Å². The molecule has 0 radical (unpaired) electrons. The number of hydrogen-bond acceptors (Lipinski definition) is 4. The van der Waals surface area contributed by atoms with Crippen LogP contribution in [0.25, 0.3) is 0 Å². The zero-order valence-corrected chi connectivity index (χ0v) is 15.3. The van der Waals surface area contributed by atoms with Gasteiger partial charge in [-0.3, -0.25) is 4.99 Å². The lowest BCUT2D eigenvalue weighted by Gasteiger charge is -2.12. The van der Waals surface area contributed by atoms with Crippen LogP contribution in [0.15, 0.2) is 41.4 Å². The Balaban J connectivity index is 1.82. The summed E-state index contributed by atoms with van der Waals surface area (Å²) in [5.41, 5.74) is 3.26. The highest BCUT2D eigenvalue weighted by molar-refractivity contribution is 5.79. The number of rotatable bonds is 7. The number of nitrogens with one attached hydrogen (secondary N) is 2. The quantitative estimate of drug-likeness (QED) is 0.597. The van der Waals surface area contributed by atoms with Gasteiger partial charge in [0.15, 0.2) is 5.96 Å². The summed E-state index contributed by atoms with van der Waals surface area (Å²) in [5.74, 6) is 2.27. The van der Waals surface area contributed by atoms with Crippen LogP contribution in [0.1, 0.15) is 16.8 Å². The van der Waals surface area contributed by atoms with Crippen LogP contribution in [-0.4, -0.2) is 38.8 Å². The molecule has 0 bridgehead atoms. The van der Waals surface area contributed by atoms with Crippen molar-refractivity contribution in [1.82, 2.24) is 15.6 Å². The van der Waals surface area contributed by atoms with Crippen molar-refractivity contribution in [1.29, 1.82) is 0 Å². The SMILES string of the molecule is CN=C(NCCc1ccc(C)c(OC)c1)NCc1cccc(OC)n1. The van der Waals surface area contributed by atoms with Gasteiger partial charge in [-0.15, -0.1) is 0 Å². The molecular formula is C19H26N4O2. The molecule has 0 aliphatic carbocycles. The lowest BCUT2D eigenvalue weighted by molar-refractivity contribution is 0.396. The van der Waals surface area contributed by atoms with Gasteiger partial charge in [-0.1, -0.05) is 18.2 Å². The Morgan fingerprint density at radius 1 is 1.12 bits per heavy atom. The number of aryl methyl sites for hydroxylation is 1. The Kier molecular flexibility index (Phi) is 7.07. The van der Waals surface area contributed by atoms with E-state index < -0.39 is 0 Å². The third-order valence-corrected chi connectivity index (χ3v) is 3.83. The van der Waals surface area contributed by atoms with Crippen LogP contribution >= 0.6 is 0 Å². The topological polar surface area (TPSA) is 67.8 Å². The van der Waals surface area contributed by atoms with Crippen molar-refractivity contribution in [3.8, 4) is 11.6 Å². The first-order valence-corrected chi connectivity index (χ1v) is 8.24. The zero-order valence-electron chi connectivity index (χ0n) is 15.3. The molecule has 6 nitrogen and oxygen atoms in total. The molecule has 0 aliphatic rings. The van der Waals surface area contributed by atoms with Crippen LogP contribution in [0.5, 0.6) is 11.6 Å². The molecule has 0 unspecified atom stereocenters. The molecule has 1 heterocycles. The number of aromatic nitrogens is 1. The average molecular weight is 342 g/mol. The summed E-state index contributed by atoms with van der Waals surface area (Å²) in [7, 11) is 5.06. The number of guanidine groups is 1. The largest absolute Gasteiger partial charge is 0.496 e. The average Bonchev–Trinajstić information content (AvgIpc) is 2.65. The Hall–Kier alpha value is -2.76. The predicted octanol–water partition coefficient (Wildman–Crippen LogP) is 2.31. The first-order valence-electron chi connectivity index (χ1n) is 8.24. The Morgan fingerprint density at radius 3 is 2.68 bits per heavy atom. The summed E-state index contributed by atoms with van der Waals surface area (Å²) in [6.07, 6.45) is 0.884. The highest BCUT2D eigenvalue weighted by Gasteiger charge is 2.03. The van der Waals surface area contributed by atoms with E-state index in [0.29, 0.717) is 12.4 Å². The molecule has 2 rings (SSSR count). The van der Waals surface area contributed by atoms with Gasteiger partial charge in [0.05, 0.1) is 26.5 Å². The van der Waals surface area contributed by atoms with Gasteiger partial charge >= 0.3 is 0 Å². The summed E-state index contributed by atoms with van der Waals surface area (Å²) in [5, 5.41) is 6.56. The molecule has 1 aromatic carbocycles. The van der Waals surface area contributed by atoms with Crippen molar-refractivity contribution < 1.29 is 9.47 Å². The highest BCUT2D eigenvalue weighted by Crippen LogP contribution is 2.18. The molecule has 0 spiro atoms. The molecule has 2 aromatic rings. The van der Waals surface area contributed by atoms with Gasteiger partial charge in [-0.2, -0.15) is 0 Å². The Morgan fingerprint density at radius 2 is 1.96 bits per heavy atom. The number of hydrogen-bond donors (Lipinski definition) is 2. The molecule has 0 fully saturated rings. The summed E-state index contributed by atoms with van der Waals surface area (Å²) in [6.45, 7) is 3.39. The monoisotopic (exact) mass is 342 g/mol. The first-order chi connectivity index (χ1) is 12.2. The second kappa shape index (κ2) is 9.52. The maximum atomic E-state index is 5.37. The van der Waals surface area contributed by atoms with Crippen LogP contribution in [-0.2, 0) is 13.0 Å². The summed E-state index contributed by atoms with van der Waals surface area (Å²) >= 11 is 0. The van der Waals surface area contributed by atoms with Gasteiger partial charge in [-0.05, 0) is 36.6 Å². The minimum Gasteiger partial charge on any atom is -0.496 e. The Bertz CT molecular complexity index is 716. The van der Waals surface area contributed by atoms with E-state index in [0.717, 1.165) is 35.9 Å². The van der Waals surface area contributed by atoms with Crippen LogP contribution < -0.4 is 20.1 Å². The zero-order chi connectivity index (χ0) is 18.1. The first kappa shape index (κ1) is 18.6. The molecule has 2 N–H and O–H groups in total. The lowest BCUT2D eigenvalue weighted by atomic mass is 10.1. The van der Waals surface area contributed by atoms with Gasteiger partial charge in [0.25, 0.3) is 0 Å². The second-order valence-electron chi connectivity index (χ2n) is 5.58. The minimum atomic E-state index is 0.579. The fourth-order valence-electron chi connectivity index (χ4n) is 2.41. The third-order valence-electron chi connectivity index (χ3n) is 3.83. The highest BCUT2D eigenvalue weighted by atomic mass is 16.5. The van der Waals surface area contributed by atoms with Crippen LogP contribution in [0, 0.1) is 6.92 Å². The second-order valence-corrected chi connectivity index (χ2v) is 5.58. The molecule has 1 aromatic heterocycles. The molecule has 0 atom stereocenters. The van der Waals surface area contributed by atoms with E-state index in [1.807, 2.05) is 25.1 Å².